The molecule has 2 nitrogen and oxygen atoms in total. The zero-order valence-electron chi connectivity index (χ0n) is 12.7. The average Bonchev–Trinajstić information content (AvgIpc) is 2.64. The van der Waals surface area contributed by atoms with E-state index in [0.717, 1.165) is 11.8 Å². The monoisotopic (exact) mass is 260 g/mol. The Morgan fingerprint density at radius 1 is 1.26 bits per heavy atom. The predicted molar refractivity (Wildman–Crippen MR) is 83.5 cm³/mol. The van der Waals surface area contributed by atoms with Gasteiger partial charge >= 0.3 is 0 Å². The van der Waals surface area contributed by atoms with Crippen LogP contribution in [0.4, 0.5) is 5.69 Å². The molecule has 0 amide bonds. The Balaban J connectivity index is 2.16. The minimum atomic E-state index is 0.639. The molecule has 1 aromatic rings. The van der Waals surface area contributed by atoms with Crippen LogP contribution in [0.3, 0.4) is 0 Å². The largest absolute Gasteiger partial charge is 0.371 e. The van der Waals surface area contributed by atoms with E-state index in [4.69, 9.17) is 5.73 Å². The summed E-state index contributed by atoms with van der Waals surface area (Å²) in [4.78, 5) is 2.55. The average molecular weight is 260 g/mol. The van der Waals surface area contributed by atoms with E-state index in [1.807, 2.05) is 0 Å². The smallest absolute Gasteiger partial charge is 0.0414 e. The third kappa shape index (κ3) is 3.50. The number of nitrogens with two attached hydrogens (primary N) is 1. The van der Waals surface area contributed by atoms with Crippen LogP contribution >= 0.6 is 0 Å². The van der Waals surface area contributed by atoms with Gasteiger partial charge in [0.05, 0.1) is 0 Å². The van der Waals surface area contributed by atoms with E-state index in [0.29, 0.717) is 6.54 Å². The highest BCUT2D eigenvalue weighted by Gasteiger charge is 2.20. The number of hydrogen-bond acceptors (Lipinski definition) is 2. The topological polar surface area (TPSA) is 29.3 Å². The molecule has 1 unspecified atom stereocenters. The molecule has 1 aliphatic heterocycles. The first-order valence-electron chi connectivity index (χ1n) is 7.66. The Morgan fingerprint density at radius 2 is 2.05 bits per heavy atom. The van der Waals surface area contributed by atoms with Gasteiger partial charge in [-0.05, 0) is 55.2 Å². The molecule has 2 N–H and O–H groups in total. The van der Waals surface area contributed by atoms with Gasteiger partial charge in [-0.1, -0.05) is 26.0 Å². The molecule has 106 valence electrons. The lowest BCUT2D eigenvalue weighted by molar-refractivity contribution is 0.351. The first-order valence-corrected chi connectivity index (χ1v) is 7.66. The minimum Gasteiger partial charge on any atom is -0.371 e. The number of anilines is 1. The quantitative estimate of drug-likeness (QED) is 0.897. The maximum Gasteiger partial charge on any atom is 0.0414 e. The van der Waals surface area contributed by atoms with Crippen molar-refractivity contribution in [3.63, 3.8) is 0 Å². The molecule has 2 rings (SSSR count). The molecule has 2 heteroatoms. The summed E-state index contributed by atoms with van der Waals surface area (Å²) in [5.41, 5.74) is 9.88. The van der Waals surface area contributed by atoms with E-state index in [1.54, 1.807) is 0 Å². The van der Waals surface area contributed by atoms with Gasteiger partial charge < -0.3 is 10.6 Å². The molecule has 1 aromatic carbocycles. The standard InChI is InChI=1S/C17H28N2/c1-13(2)15-5-4-9-19(10-8-15)17-11-14(3)6-7-16(17)12-18/h6-7,11,13,15H,4-5,8-10,12,18H2,1-3H3. The summed E-state index contributed by atoms with van der Waals surface area (Å²) < 4.78 is 0. The van der Waals surface area contributed by atoms with Gasteiger partial charge in [-0.3, -0.25) is 0 Å². The summed E-state index contributed by atoms with van der Waals surface area (Å²) in [5, 5.41) is 0. The van der Waals surface area contributed by atoms with Crippen LogP contribution in [0, 0.1) is 18.8 Å². The van der Waals surface area contributed by atoms with Crippen LogP contribution in [0.15, 0.2) is 18.2 Å². The summed E-state index contributed by atoms with van der Waals surface area (Å²) in [6, 6.07) is 6.66. The van der Waals surface area contributed by atoms with Crippen LogP contribution in [-0.2, 0) is 6.54 Å². The van der Waals surface area contributed by atoms with Gasteiger partial charge in [-0.25, -0.2) is 0 Å². The van der Waals surface area contributed by atoms with Gasteiger partial charge in [0.25, 0.3) is 0 Å². The van der Waals surface area contributed by atoms with Gasteiger partial charge in [-0.15, -0.1) is 0 Å². The molecule has 0 aliphatic carbocycles. The molecule has 0 spiro atoms. The van der Waals surface area contributed by atoms with Crippen LogP contribution < -0.4 is 10.6 Å². The molecule has 19 heavy (non-hydrogen) atoms. The highest BCUT2D eigenvalue weighted by molar-refractivity contribution is 5.55. The van der Waals surface area contributed by atoms with Crippen molar-refractivity contribution in [3.8, 4) is 0 Å². The lowest BCUT2D eigenvalue weighted by Gasteiger charge is -2.26. The Morgan fingerprint density at radius 3 is 2.74 bits per heavy atom. The molecular weight excluding hydrogens is 232 g/mol. The first-order chi connectivity index (χ1) is 9.11. The predicted octanol–water partition coefficient (Wildman–Crippen LogP) is 3.72. The van der Waals surface area contributed by atoms with Crippen molar-refractivity contribution < 1.29 is 0 Å². The van der Waals surface area contributed by atoms with Gasteiger partial charge in [0.1, 0.15) is 0 Å². The summed E-state index contributed by atoms with van der Waals surface area (Å²) in [7, 11) is 0. The van der Waals surface area contributed by atoms with Gasteiger partial charge in [-0.2, -0.15) is 0 Å². The first kappa shape index (κ1) is 14.4. The van der Waals surface area contributed by atoms with E-state index in [-0.39, 0.29) is 0 Å². The lowest BCUT2D eigenvalue weighted by Crippen LogP contribution is -2.26. The molecule has 0 saturated carbocycles. The van der Waals surface area contributed by atoms with E-state index in [9.17, 15) is 0 Å². The van der Waals surface area contributed by atoms with E-state index in [2.05, 4.69) is 43.9 Å². The Labute approximate surface area is 118 Å². The molecular formula is C17H28N2. The van der Waals surface area contributed by atoms with Gasteiger partial charge in [0.15, 0.2) is 0 Å². The maximum atomic E-state index is 5.90. The molecule has 0 radical (unpaired) electrons. The van der Waals surface area contributed by atoms with Crippen molar-refractivity contribution in [2.24, 2.45) is 17.6 Å². The van der Waals surface area contributed by atoms with Crippen molar-refractivity contribution >= 4 is 5.69 Å². The molecule has 1 fully saturated rings. The Kier molecular flexibility index (Phi) is 4.87. The van der Waals surface area contributed by atoms with Crippen molar-refractivity contribution in [2.75, 3.05) is 18.0 Å². The fourth-order valence-electron chi connectivity index (χ4n) is 3.17. The molecule has 0 bridgehead atoms. The molecule has 1 aliphatic rings. The number of benzene rings is 1. The van der Waals surface area contributed by atoms with E-state index >= 15 is 0 Å². The van der Waals surface area contributed by atoms with Gasteiger partial charge in [0, 0.05) is 25.3 Å². The number of rotatable bonds is 3. The van der Waals surface area contributed by atoms with Crippen LogP contribution in [0.2, 0.25) is 0 Å². The third-order valence-electron chi connectivity index (χ3n) is 4.52. The van der Waals surface area contributed by atoms with Crippen LogP contribution in [0.1, 0.15) is 44.2 Å². The fraction of sp³-hybridized carbons (Fsp3) is 0.647. The third-order valence-corrected chi connectivity index (χ3v) is 4.52. The fourth-order valence-corrected chi connectivity index (χ4v) is 3.17. The number of aryl methyl sites for hydroxylation is 1. The second-order valence-corrected chi connectivity index (χ2v) is 6.26. The second-order valence-electron chi connectivity index (χ2n) is 6.26. The summed E-state index contributed by atoms with van der Waals surface area (Å²) in [6.07, 6.45) is 3.99. The van der Waals surface area contributed by atoms with Gasteiger partial charge in [0.2, 0.25) is 0 Å². The maximum absolute atomic E-state index is 5.90. The van der Waals surface area contributed by atoms with E-state index < -0.39 is 0 Å². The van der Waals surface area contributed by atoms with Crippen molar-refractivity contribution in [3.05, 3.63) is 29.3 Å². The summed E-state index contributed by atoms with van der Waals surface area (Å²) in [5.74, 6) is 1.70. The number of nitrogens with zero attached hydrogens (tertiary/aromatic N) is 1. The lowest BCUT2D eigenvalue weighted by atomic mass is 9.89. The highest BCUT2D eigenvalue weighted by atomic mass is 15.1. The Hall–Kier alpha value is -1.02. The summed E-state index contributed by atoms with van der Waals surface area (Å²) >= 11 is 0. The minimum absolute atomic E-state index is 0.639. The highest BCUT2D eigenvalue weighted by Crippen LogP contribution is 2.29. The van der Waals surface area contributed by atoms with E-state index in [1.165, 1.54) is 49.2 Å². The van der Waals surface area contributed by atoms with Crippen LogP contribution in [0.5, 0.6) is 0 Å². The van der Waals surface area contributed by atoms with Crippen LogP contribution in [-0.4, -0.2) is 13.1 Å². The zero-order valence-corrected chi connectivity index (χ0v) is 12.7. The van der Waals surface area contributed by atoms with Crippen LogP contribution in [0.25, 0.3) is 0 Å². The SMILES string of the molecule is Cc1ccc(CN)c(N2CCCC(C(C)C)CC2)c1. The van der Waals surface area contributed by atoms with Crippen molar-refractivity contribution in [1.82, 2.24) is 0 Å². The zero-order chi connectivity index (χ0) is 13.8. The Bertz CT molecular complexity index is 412. The molecule has 1 saturated heterocycles. The summed E-state index contributed by atoms with van der Waals surface area (Å²) in [6.45, 7) is 9.88. The normalized spacial score (nSPS) is 20.7. The van der Waals surface area contributed by atoms with Crippen molar-refractivity contribution in [1.29, 1.82) is 0 Å². The molecule has 1 atom stereocenters. The van der Waals surface area contributed by atoms with Crippen molar-refractivity contribution in [2.45, 2.75) is 46.6 Å². The second kappa shape index (κ2) is 6.42. The molecule has 0 aromatic heterocycles. The number of hydrogen-bond donors (Lipinski definition) is 1. The molecule has 1 heterocycles.